The highest BCUT2D eigenvalue weighted by atomic mass is 35.5. The number of carboxylic acids is 1. The fourth-order valence-corrected chi connectivity index (χ4v) is 7.14. The lowest BCUT2D eigenvalue weighted by molar-refractivity contribution is -0.142. The second kappa shape index (κ2) is 11.0. The summed E-state index contributed by atoms with van der Waals surface area (Å²) in [6.07, 6.45) is -0.684. The first-order valence-electron chi connectivity index (χ1n) is 12.2. The Kier molecular flexibility index (Phi) is 8.13. The van der Waals surface area contributed by atoms with Gasteiger partial charge in [-0.05, 0) is 61.2 Å². The molecular formula is C28H30ClFN2O5S. The highest BCUT2D eigenvalue weighted by molar-refractivity contribution is 7.89. The summed E-state index contributed by atoms with van der Waals surface area (Å²) in [4.78, 5) is 12.4. The van der Waals surface area contributed by atoms with Gasteiger partial charge in [-0.15, -0.1) is 0 Å². The van der Waals surface area contributed by atoms with E-state index >= 15 is 0 Å². The first kappa shape index (κ1) is 28.0. The fraction of sp³-hybridized carbons (Fsp3) is 0.321. The minimum absolute atomic E-state index is 0.103. The maximum absolute atomic E-state index is 14.9. The van der Waals surface area contributed by atoms with Crippen LogP contribution >= 0.6 is 11.6 Å². The van der Waals surface area contributed by atoms with Gasteiger partial charge < -0.3 is 15.2 Å². The molecule has 1 heterocycles. The maximum Gasteiger partial charge on any atom is 0.322 e. The van der Waals surface area contributed by atoms with Crippen LogP contribution in [0.2, 0.25) is 5.02 Å². The number of ether oxygens (including phenoxy) is 1. The number of nitrogens with one attached hydrogen (secondary N) is 1. The van der Waals surface area contributed by atoms with E-state index in [0.717, 1.165) is 15.4 Å². The molecule has 3 atom stereocenters. The maximum atomic E-state index is 14.9. The van der Waals surface area contributed by atoms with Crippen molar-refractivity contribution >= 4 is 33.3 Å². The molecular weight excluding hydrogens is 531 g/mol. The van der Waals surface area contributed by atoms with Crippen molar-refractivity contribution in [2.24, 2.45) is 0 Å². The molecule has 3 aromatic carbocycles. The molecule has 10 heteroatoms. The molecule has 0 aliphatic carbocycles. The fourth-order valence-electron chi connectivity index (χ4n) is 4.94. The average molecular weight is 561 g/mol. The monoisotopic (exact) mass is 560 g/mol. The number of nitrogens with zero attached hydrogens (tertiary/aromatic N) is 1. The summed E-state index contributed by atoms with van der Waals surface area (Å²) in [5.41, 5.74) is 3.01. The standard InChI is InChI=1S/C28H30ClFN2O5S/c1-16-10-11-23(30)25(17(16)2)18(3)26(28(33)34)32-15-31-24-13-21(29)12-22(27(24)38(32,35)36)19(4)37-14-20-8-6-5-7-9-20/h5-13,18-19,26,31H,14-15H2,1-4H3,(H,33,34)/t18?,19?,26-/m0/s1. The Labute approximate surface area is 227 Å². The second-order valence-corrected chi connectivity index (χ2v) is 11.8. The molecule has 7 nitrogen and oxygen atoms in total. The molecule has 2 unspecified atom stereocenters. The van der Waals surface area contributed by atoms with Crippen LogP contribution in [0.3, 0.4) is 0 Å². The van der Waals surface area contributed by atoms with Crippen LogP contribution in [0, 0.1) is 19.7 Å². The Morgan fingerprint density at radius 3 is 2.50 bits per heavy atom. The zero-order valence-corrected chi connectivity index (χ0v) is 23.1. The van der Waals surface area contributed by atoms with Crippen molar-refractivity contribution in [1.82, 2.24) is 4.31 Å². The predicted octanol–water partition coefficient (Wildman–Crippen LogP) is 6.00. The molecule has 4 rings (SSSR count). The zero-order chi connectivity index (χ0) is 27.8. The number of carboxylic acid groups (broad SMARTS) is 1. The van der Waals surface area contributed by atoms with Gasteiger partial charge in [-0.3, -0.25) is 4.79 Å². The van der Waals surface area contributed by atoms with Crippen LogP contribution < -0.4 is 5.32 Å². The van der Waals surface area contributed by atoms with Crippen molar-refractivity contribution in [2.45, 2.75) is 57.3 Å². The summed E-state index contributed by atoms with van der Waals surface area (Å²) in [7, 11) is -4.36. The van der Waals surface area contributed by atoms with Gasteiger partial charge in [-0.2, -0.15) is 4.31 Å². The first-order valence-corrected chi connectivity index (χ1v) is 14.0. The van der Waals surface area contributed by atoms with Crippen LogP contribution in [0.15, 0.2) is 59.5 Å². The third-order valence-electron chi connectivity index (χ3n) is 7.08. The van der Waals surface area contributed by atoms with E-state index < -0.39 is 39.9 Å². The minimum atomic E-state index is -4.36. The topological polar surface area (TPSA) is 95.9 Å². The molecule has 0 saturated heterocycles. The van der Waals surface area contributed by atoms with Gasteiger partial charge >= 0.3 is 5.97 Å². The van der Waals surface area contributed by atoms with Crippen molar-refractivity contribution < 1.29 is 27.4 Å². The molecule has 0 amide bonds. The van der Waals surface area contributed by atoms with Crippen molar-refractivity contribution in [3.63, 3.8) is 0 Å². The van der Waals surface area contributed by atoms with Crippen LogP contribution in [0.1, 0.15) is 53.7 Å². The molecule has 0 saturated carbocycles. The normalized spacial score (nSPS) is 17.2. The Morgan fingerprint density at radius 1 is 1.16 bits per heavy atom. The van der Waals surface area contributed by atoms with Crippen LogP contribution in [-0.4, -0.2) is 36.5 Å². The minimum Gasteiger partial charge on any atom is -0.480 e. The first-order chi connectivity index (χ1) is 17.9. The van der Waals surface area contributed by atoms with Crippen LogP contribution in [0.25, 0.3) is 0 Å². The number of benzene rings is 3. The quantitative estimate of drug-likeness (QED) is 0.350. The van der Waals surface area contributed by atoms with Crippen molar-refractivity contribution in [1.29, 1.82) is 0 Å². The van der Waals surface area contributed by atoms with E-state index in [2.05, 4.69) is 5.32 Å². The smallest absolute Gasteiger partial charge is 0.322 e. The number of anilines is 1. The Morgan fingerprint density at radius 2 is 1.84 bits per heavy atom. The van der Waals surface area contributed by atoms with Crippen molar-refractivity contribution in [3.8, 4) is 0 Å². The van der Waals surface area contributed by atoms with Gasteiger partial charge in [-0.1, -0.05) is 54.9 Å². The highest BCUT2D eigenvalue weighted by Gasteiger charge is 2.45. The van der Waals surface area contributed by atoms with Gasteiger partial charge in [-0.25, -0.2) is 12.8 Å². The average Bonchev–Trinajstić information content (AvgIpc) is 2.86. The summed E-state index contributed by atoms with van der Waals surface area (Å²) in [6, 6.07) is 13.8. The van der Waals surface area contributed by atoms with E-state index in [1.165, 1.54) is 25.1 Å². The van der Waals surface area contributed by atoms with Gasteiger partial charge in [0, 0.05) is 16.5 Å². The predicted molar refractivity (Wildman–Crippen MR) is 144 cm³/mol. The van der Waals surface area contributed by atoms with Gasteiger partial charge in [0.05, 0.1) is 25.1 Å². The molecule has 3 aromatic rings. The van der Waals surface area contributed by atoms with Crippen molar-refractivity contribution in [3.05, 3.63) is 93.3 Å². The summed E-state index contributed by atoms with van der Waals surface area (Å²) in [6.45, 7) is 6.66. The SMILES string of the molecule is Cc1ccc(F)c(C(C)[C@@H](C(=O)O)N2CNc3cc(Cl)cc(C(C)OCc4ccccc4)c3S2(=O)=O)c1C. The number of halogens is 2. The van der Waals surface area contributed by atoms with Gasteiger partial charge in [0.15, 0.2) is 0 Å². The molecule has 2 N–H and O–H groups in total. The summed E-state index contributed by atoms with van der Waals surface area (Å²) < 4.78 is 49.9. The molecule has 0 aromatic heterocycles. The van der Waals surface area contributed by atoms with Gasteiger partial charge in [0.25, 0.3) is 0 Å². The number of aliphatic carboxylic acids is 1. The molecule has 0 radical (unpaired) electrons. The van der Waals surface area contributed by atoms with Crippen LogP contribution in [0.4, 0.5) is 10.1 Å². The lowest BCUT2D eigenvalue weighted by Crippen LogP contribution is -2.52. The van der Waals surface area contributed by atoms with E-state index in [1.54, 1.807) is 26.8 Å². The lowest BCUT2D eigenvalue weighted by atomic mass is 9.87. The van der Waals surface area contributed by atoms with E-state index in [1.807, 2.05) is 30.3 Å². The third kappa shape index (κ3) is 5.29. The molecule has 0 spiro atoms. The molecule has 0 bridgehead atoms. The summed E-state index contributed by atoms with van der Waals surface area (Å²) in [5, 5.41) is 13.5. The summed E-state index contributed by atoms with van der Waals surface area (Å²) >= 11 is 6.33. The molecule has 1 aliphatic heterocycles. The number of hydrogen-bond donors (Lipinski definition) is 2. The highest BCUT2D eigenvalue weighted by Crippen LogP contribution is 2.41. The van der Waals surface area contributed by atoms with E-state index in [4.69, 9.17) is 16.3 Å². The van der Waals surface area contributed by atoms with Crippen molar-refractivity contribution in [2.75, 3.05) is 12.0 Å². The van der Waals surface area contributed by atoms with E-state index in [9.17, 15) is 22.7 Å². The van der Waals surface area contributed by atoms with Gasteiger partial charge in [0.1, 0.15) is 16.8 Å². The number of hydrogen-bond acceptors (Lipinski definition) is 5. The number of aryl methyl sites for hydroxylation is 1. The number of carbonyl (C=O) groups is 1. The Hall–Kier alpha value is -2.98. The van der Waals surface area contributed by atoms with Crippen LogP contribution in [-0.2, 0) is 26.2 Å². The van der Waals surface area contributed by atoms with Crippen LogP contribution in [0.5, 0.6) is 0 Å². The number of rotatable bonds is 8. The third-order valence-corrected chi connectivity index (χ3v) is 9.24. The largest absolute Gasteiger partial charge is 0.480 e. The summed E-state index contributed by atoms with van der Waals surface area (Å²) in [5.74, 6) is -2.94. The number of fused-ring (bicyclic) bond motifs is 1. The molecule has 0 fully saturated rings. The molecule has 202 valence electrons. The zero-order valence-electron chi connectivity index (χ0n) is 21.5. The second-order valence-electron chi connectivity index (χ2n) is 9.51. The lowest BCUT2D eigenvalue weighted by Gasteiger charge is -2.37. The Bertz CT molecular complexity index is 1470. The molecule has 1 aliphatic rings. The molecule has 38 heavy (non-hydrogen) atoms. The Balaban J connectivity index is 1.75. The number of sulfonamides is 1. The van der Waals surface area contributed by atoms with Gasteiger partial charge in [0.2, 0.25) is 10.0 Å². The van der Waals surface area contributed by atoms with E-state index in [-0.39, 0.29) is 29.4 Å². The van der Waals surface area contributed by atoms with E-state index in [0.29, 0.717) is 16.1 Å².